The minimum atomic E-state index is 0.114. The van der Waals surface area contributed by atoms with Gasteiger partial charge in [0, 0.05) is 28.3 Å². The van der Waals surface area contributed by atoms with Gasteiger partial charge in [-0.25, -0.2) is 0 Å². The van der Waals surface area contributed by atoms with Crippen molar-refractivity contribution in [3.05, 3.63) is 63.1 Å². The fourth-order valence-corrected chi connectivity index (χ4v) is 3.59. The molecule has 2 aromatic rings. The largest absolute Gasteiger partial charge is 0.363 e. The highest BCUT2D eigenvalue weighted by molar-refractivity contribution is 9.10. The topological polar surface area (TPSA) is 29.3 Å². The summed E-state index contributed by atoms with van der Waals surface area (Å²) >= 11 is 9.66. The monoisotopic (exact) mass is 366 g/mol. The quantitative estimate of drug-likeness (QED) is 0.811. The lowest BCUT2D eigenvalue weighted by molar-refractivity contribution is 0.639. The van der Waals surface area contributed by atoms with Crippen molar-refractivity contribution in [1.82, 2.24) is 0 Å². The number of rotatable bonds is 5. The Kier molecular flexibility index (Phi) is 5.68. The summed E-state index contributed by atoms with van der Waals surface area (Å²) in [6, 6.07) is 14.4. The molecule has 1 atom stereocenters. The van der Waals surface area contributed by atoms with Crippen molar-refractivity contribution in [2.45, 2.75) is 19.9 Å². The summed E-state index contributed by atoms with van der Waals surface area (Å²) in [6.45, 7) is 5.71. The summed E-state index contributed by atoms with van der Waals surface area (Å²) in [5.41, 5.74) is 9.71. The van der Waals surface area contributed by atoms with Crippen LogP contribution in [0.5, 0.6) is 0 Å². The maximum Gasteiger partial charge on any atom is 0.0675 e. The second-order valence-corrected chi connectivity index (χ2v) is 6.28. The van der Waals surface area contributed by atoms with E-state index < -0.39 is 0 Å². The lowest BCUT2D eigenvalue weighted by Gasteiger charge is -2.34. The third-order valence-electron chi connectivity index (χ3n) is 3.69. The zero-order valence-corrected chi connectivity index (χ0v) is 14.7. The van der Waals surface area contributed by atoms with Gasteiger partial charge in [-0.05, 0) is 43.2 Å². The summed E-state index contributed by atoms with van der Waals surface area (Å²) in [6.07, 6.45) is 0. The molecule has 2 N–H and O–H groups in total. The Morgan fingerprint density at radius 1 is 1.24 bits per heavy atom. The van der Waals surface area contributed by atoms with Crippen LogP contribution in [0.4, 0.5) is 5.69 Å². The normalized spacial score (nSPS) is 12.2. The third-order valence-corrected chi connectivity index (χ3v) is 4.61. The maximum absolute atomic E-state index is 6.08. The molecule has 0 bridgehead atoms. The Labute approximate surface area is 140 Å². The highest BCUT2D eigenvalue weighted by atomic mass is 79.9. The van der Waals surface area contributed by atoms with Gasteiger partial charge >= 0.3 is 0 Å². The molecule has 112 valence electrons. The van der Waals surface area contributed by atoms with E-state index >= 15 is 0 Å². The molecule has 0 fully saturated rings. The molecule has 4 heteroatoms. The van der Waals surface area contributed by atoms with Gasteiger partial charge in [-0.2, -0.15) is 0 Å². The molecule has 1 unspecified atom stereocenters. The van der Waals surface area contributed by atoms with E-state index in [1.54, 1.807) is 0 Å². The van der Waals surface area contributed by atoms with Gasteiger partial charge in [0.15, 0.2) is 0 Å². The Balaban J connectivity index is 2.45. The van der Waals surface area contributed by atoms with Gasteiger partial charge < -0.3 is 10.6 Å². The van der Waals surface area contributed by atoms with Crippen molar-refractivity contribution in [2.24, 2.45) is 5.73 Å². The van der Waals surface area contributed by atoms with Crippen LogP contribution in [0, 0.1) is 6.92 Å². The van der Waals surface area contributed by atoms with Gasteiger partial charge in [-0.1, -0.05) is 51.8 Å². The summed E-state index contributed by atoms with van der Waals surface area (Å²) in [7, 11) is 0. The van der Waals surface area contributed by atoms with Crippen molar-refractivity contribution in [1.29, 1.82) is 0 Å². The van der Waals surface area contributed by atoms with E-state index in [4.69, 9.17) is 17.3 Å². The van der Waals surface area contributed by atoms with Crippen molar-refractivity contribution >= 4 is 33.2 Å². The average Bonchev–Trinajstić information content (AvgIpc) is 2.47. The molecule has 0 aliphatic heterocycles. The van der Waals surface area contributed by atoms with E-state index in [0.29, 0.717) is 6.54 Å². The Bertz CT molecular complexity index is 615. The second kappa shape index (κ2) is 7.30. The van der Waals surface area contributed by atoms with Crippen molar-refractivity contribution in [3.8, 4) is 0 Å². The van der Waals surface area contributed by atoms with Crippen molar-refractivity contribution in [2.75, 3.05) is 18.0 Å². The standard InChI is InChI=1S/C17H20BrClN2/c1-3-21(16-7-5-4-6-12(16)2)17(11-20)14-9-8-13(19)10-15(14)18/h4-10,17H,3,11,20H2,1-2H3. The number of hydrogen-bond acceptors (Lipinski definition) is 2. The number of para-hydroxylation sites is 1. The number of aryl methyl sites for hydroxylation is 1. The van der Waals surface area contributed by atoms with Crippen LogP contribution in [-0.4, -0.2) is 13.1 Å². The van der Waals surface area contributed by atoms with E-state index in [2.05, 4.69) is 58.9 Å². The van der Waals surface area contributed by atoms with Gasteiger partial charge in [0.2, 0.25) is 0 Å². The molecular formula is C17H20BrClN2. The smallest absolute Gasteiger partial charge is 0.0675 e. The van der Waals surface area contributed by atoms with E-state index in [1.807, 2.05) is 18.2 Å². The number of halogens is 2. The highest BCUT2D eigenvalue weighted by Gasteiger charge is 2.21. The lowest BCUT2D eigenvalue weighted by atomic mass is 10.0. The van der Waals surface area contributed by atoms with Crippen LogP contribution < -0.4 is 10.6 Å². The lowest BCUT2D eigenvalue weighted by Crippen LogP contribution is -2.34. The Morgan fingerprint density at radius 3 is 2.52 bits per heavy atom. The molecule has 0 heterocycles. The molecule has 2 aromatic carbocycles. The van der Waals surface area contributed by atoms with Gasteiger partial charge in [-0.15, -0.1) is 0 Å². The first-order chi connectivity index (χ1) is 10.1. The van der Waals surface area contributed by atoms with Gasteiger partial charge in [0.25, 0.3) is 0 Å². The minimum Gasteiger partial charge on any atom is -0.363 e. The van der Waals surface area contributed by atoms with Crippen LogP contribution in [0.2, 0.25) is 5.02 Å². The molecule has 2 nitrogen and oxygen atoms in total. The zero-order chi connectivity index (χ0) is 15.4. The molecular weight excluding hydrogens is 348 g/mol. The maximum atomic E-state index is 6.08. The first kappa shape index (κ1) is 16.3. The van der Waals surface area contributed by atoms with Crippen LogP contribution in [-0.2, 0) is 0 Å². The number of hydrogen-bond donors (Lipinski definition) is 1. The highest BCUT2D eigenvalue weighted by Crippen LogP contribution is 2.33. The molecule has 0 aromatic heterocycles. The SMILES string of the molecule is CCN(c1ccccc1C)C(CN)c1ccc(Cl)cc1Br. The zero-order valence-electron chi connectivity index (χ0n) is 12.3. The van der Waals surface area contributed by atoms with Crippen LogP contribution in [0.25, 0.3) is 0 Å². The Hall–Kier alpha value is -1.03. The molecule has 0 aliphatic rings. The van der Waals surface area contributed by atoms with E-state index in [9.17, 15) is 0 Å². The summed E-state index contributed by atoms with van der Waals surface area (Å²) in [4.78, 5) is 2.34. The van der Waals surface area contributed by atoms with Crippen LogP contribution in [0.15, 0.2) is 46.9 Å². The number of anilines is 1. The van der Waals surface area contributed by atoms with E-state index in [1.165, 1.54) is 11.3 Å². The van der Waals surface area contributed by atoms with Gasteiger partial charge in [-0.3, -0.25) is 0 Å². The summed E-state index contributed by atoms with van der Waals surface area (Å²) in [5, 5.41) is 0.723. The number of nitrogens with two attached hydrogens (primary N) is 1. The molecule has 0 spiro atoms. The summed E-state index contributed by atoms with van der Waals surface area (Å²) in [5.74, 6) is 0. The fraction of sp³-hybridized carbons (Fsp3) is 0.294. The van der Waals surface area contributed by atoms with Crippen molar-refractivity contribution in [3.63, 3.8) is 0 Å². The second-order valence-electron chi connectivity index (χ2n) is 4.99. The number of likely N-dealkylation sites (N-methyl/N-ethyl adjacent to an activating group) is 1. The minimum absolute atomic E-state index is 0.114. The average molecular weight is 368 g/mol. The number of nitrogens with zero attached hydrogens (tertiary/aromatic N) is 1. The first-order valence-electron chi connectivity index (χ1n) is 7.05. The predicted octanol–water partition coefficient (Wildman–Crippen LogP) is 4.94. The third kappa shape index (κ3) is 3.60. The van der Waals surface area contributed by atoms with Crippen LogP contribution in [0.3, 0.4) is 0 Å². The van der Waals surface area contributed by atoms with Crippen molar-refractivity contribution < 1.29 is 0 Å². The fourth-order valence-electron chi connectivity index (χ4n) is 2.64. The van der Waals surface area contributed by atoms with E-state index in [-0.39, 0.29) is 6.04 Å². The predicted molar refractivity (Wildman–Crippen MR) is 95.1 cm³/mol. The molecule has 0 saturated carbocycles. The molecule has 0 amide bonds. The molecule has 0 radical (unpaired) electrons. The molecule has 0 saturated heterocycles. The van der Waals surface area contributed by atoms with Crippen LogP contribution >= 0.6 is 27.5 Å². The molecule has 21 heavy (non-hydrogen) atoms. The number of benzene rings is 2. The molecule has 2 rings (SSSR count). The van der Waals surface area contributed by atoms with Gasteiger partial charge in [0.05, 0.1) is 6.04 Å². The summed E-state index contributed by atoms with van der Waals surface area (Å²) < 4.78 is 0.998. The van der Waals surface area contributed by atoms with Gasteiger partial charge in [0.1, 0.15) is 0 Å². The Morgan fingerprint density at radius 2 is 1.95 bits per heavy atom. The first-order valence-corrected chi connectivity index (χ1v) is 8.22. The van der Waals surface area contributed by atoms with Crippen LogP contribution in [0.1, 0.15) is 24.1 Å². The van der Waals surface area contributed by atoms with E-state index in [0.717, 1.165) is 21.6 Å². The molecule has 0 aliphatic carbocycles.